The fraction of sp³-hybridized carbons (Fsp3) is 0.500. The van der Waals surface area contributed by atoms with E-state index in [9.17, 15) is 9.59 Å². The summed E-state index contributed by atoms with van der Waals surface area (Å²) in [4.78, 5) is 29.0. The summed E-state index contributed by atoms with van der Waals surface area (Å²) in [6.45, 7) is 5.50. The van der Waals surface area contributed by atoms with Crippen molar-refractivity contribution in [2.45, 2.75) is 45.2 Å². The smallest absolute Gasteiger partial charge is 0.227 e. The van der Waals surface area contributed by atoms with Crippen molar-refractivity contribution in [3.8, 4) is 11.1 Å². The molecule has 0 bridgehead atoms. The molecule has 1 aromatic heterocycles. The van der Waals surface area contributed by atoms with E-state index in [1.54, 1.807) is 11.8 Å². The third-order valence-electron chi connectivity index (χ3n) is 6.14. The first-order chi connectivity index (χ1) is 14.0. The number of hydrogen-bond donors (Lipinski definition) is 0. The largest absolute Gasteiger partial charge is 0.377 e. The van der Waals surface area contributed by atoms with Crippen molar-refractivity contribution in [1.29, 1.82) is 0 Å². The van der Waals surface area contributed by atoms with Crippen LogP contribution in [0.4, 0.5) is 11.4 Å². The molecule has 0 radical (unpaired) electrons. The minimum absolute atomic E-state index is 0.00130. The third-order valence-corrected chi connectivity index (χ3v) is 6.14. The number of ether oxygens (including phenoxy) is 1. The average Bonchev–Trinajstić information content (AvgIpc) is 3.33. The van der Waals surface area contributed by atoms with Crippen LogP contribution in [-0.2, 0) is 14.3 Å². The summed E-state index contributed by atoms with van der Waals surface area (Å²) in [6.07, 6.45) is 6.76. The average molecular weight is 394 g/mol. The Hall–Kier alpha value is -2.67. The molecule has 2 fully saturated rings. The summed E-state index contributed by atoms with van der Waals surface area (Å²) < 4.78 is 7.20. The van der Waals surface area contributed by atoms with Crippen LogP contribution < -0.4 is 9.80 Å². The topological polar surface area (TPSA) is 67.7 Å². The molecule has 0 spiro atoms. The molecule has 1 atom stereocenters. The molecule has 2 amide bonds. The van der Waals surface area contributed by atoms with Crippen molar-refractivity contribution < 1.29 is 14.3 Å². The van der Waals surface area contributed by atoms with Crippen molar-refractivity contribution in [3.05, 3.63) is 30.6 Å². The fourth-order valence-electron chi connectivity index (χ4n) is 4.26. The quantitative estimate of drug-likeness (QED) is 0.800. The van der Waals surface area contributed by atoms with Crippen LogP contribution in [0.25, 0.3) is 11.1 Å². The Morgan fingerprint density at radius 1 is 1.17 bits per heavy atom. The van der Waals surface area contributed by atoms with E-state index in [1.165, 1.54) is 0 Å². The Morgan fingerprint density at radius 3 is 2.62 bits per heavy atom. The highest BCUT2D eigenvalue weighted by Crippen LogP contribution is 2.41. The number of anilines is 2. The van der Waals surface area contributed by atoms with Gasteiger partial charge in [0.25, 0.3) is 0 Å². The van der Waals surface area contributed by atoms with E-state index >= 15 is 0 Å². The van der Waals surface area contributed by atoms with Crippen LogP contribution in [0, 0.1) is 5.92 Å². The van der Waals surface area contributed by atoms with Gasteiger partial charge in [-0.15, -0.1) is 0 Å². The van der Waals surface area contributed by atoms with Gasteiger partial charge in [0.1, 0.15) is 0 Å². The predicted molar refractivity (Wildman–Crippen MR) is 110 cm³/mol. The highest BCUT2D eigenvalue weighted by Gasteiger charge is 2.36. The maximum Gasteiger partial charge on any atom is 0.227 e. The lowest BCUT2D eigenvalue weighted by molar-refractivity contribution is -0.120. The van der Waals surface area contributed by atoms with E-state index in [2.05, 4.69) is 5.10 Å². The molecule has 1 saturated heterocycles. The molecular formula is C22H26N4O3. The molecule has 7 heteroatoms. The third kappa shape index (κ3) is 3.33. The number of hydrogen-bond acceptors (Lipinski definition) is 4. The normalized spacial score (nSPS) is 21.7. The van der Waals surface area contributed by atoms with Gasteiger partial charge in [-0.1, -0.05) is 6.07 Å². The van der Waals surface area contributed by atoms with Gasteiger partial charge in [-0.05, 0) is 43.4 Å². The molecule has 0 unspecified atom stereocenters. The molecule has 29 heavy (non-hydrogen) atoms. The zero-order chi connectivity index (χ0) is 20.1. The van der Waals surface area contributed by atoms with Crippen LogP contribution in [-0.4, -0.2) is 47.4 Å². The number of nitrogens with zero attached hydrogens (tertiary/aromatic N) is 4. The molecule has 3 aliphatic rings. The number of carbonyl (C=O) groups is 2. The van der Waals surface area contributed by atoms with E-state index in [1.807, 2.05) is 47.1 Å². The molecule has 3 heterocycles. The summed E-state index contributed by atoms with van der Waals surface area (Å²) in [5.74, 6) is 0.681. The number of amides is 2. The molecule has 1 aromatic carbocycles. The van der Waals surface area contributed by atoms with Crippen LogP contribution in [0.1, 0.15) is 39.2 Å². The Bertz CT molecular complexity index is 961. The maximum absolute atomic E-state index is 13.0. The molecule has 1 aliphatic carbocycles. The Kier molecular flexibility index (Phi) is 4.42. The van der Waals surface area contributed by atoms with E-state index in [4.69, 9.17) is 4.74 Å². The summed E-state index contributed by atoms with van der Waals surface area (Å²) >= 11 is 0. The highest BCUT2D eigenvalue weighted by atomic mass is 16.5. The van der Waals surface area contributed by atoms with Crippen LogP contribution in [0.15, 0.2) is 30.6 Å². The molecule has 2 aromatic rings. The van der Waals surface area contributed by atoms with Crippen LogP contribution in [0.3, 0.4) is 0 Å². The second kappa shape index (κ2) is 6.99. The molecular weight excluding hydrogens is 368 g/mol. The molecule has 0 N–H and O–H groups in total. The van der Waals surface area contributed by atoms with Crippen molar-refractivity contribution in [2.75, 3.05) is 29.6 Å². The molecule has 2 aliphatic heterocycles. The van der Waals surface area contributed by atoms with Gasteiger partial charge in [0.15, 0.2) is 0 Å². The zero-order valence-electron chi connectivity index (χ0n) is 16.9. The first-order valence-electron chi connectivity index (χ1n) is 10.4. The van der Waals surface area contributed by atoms with E-state index < -0.39 is 0 Å². The molecule has 5 rings (SSSR count). The molecule has 152 valence electrons. The monoisotopic (exact) mass is 394 g/mol. The number of carbonyl (C=O) groups excluding carboxylic acids is 2. The van der Waals surface area contributed by atoms with Crippen molar-refractivity contribution >= 4 is 23.2 Å². The number of rotatable bonds is 4. The Morgan fingerprint density at radius 2 is 1.97 bits per heavy atom. The zero-order valence-corrected chi connectivity index (χ0v) is 16.9. The van der Waals surface area contributed by atoms with Crippen LogP contribution >= 0.6 is 0 Å². The van der Waals surface area contributed by atoms with Gasteiger partial charge in [-0.3, -0.25) is 14.3 Å². The van der Waals surface area contributed by atoms with Gasteiger partial charge in [0.05, 0.1) is 42.9 Å². The lowest BCUT2D eigenvalue weighted by Gasteiger charge is -2.41. The van der Waals surface area contributed by atoms with Gasteiger partial charge in [-0.2, -0.15) is 5.10 Å². The van der Waals surface area contributed by atoms with Crippen molar-refractivity contribution in [3.63, 3.8) is 0 Å². The second-order valence-electron chi connectivity index (χ2n) is 8.49. The van der Waals surface area contributed by atoms with Crippen molar-refractivity contribution in [2.24, 2.45) is 5.92 Å². The minimum Gasteiger partial charge on any atom is -0.377 e. The van der Waals surface area contributed by atoms with E-state index in [0.717, 1.165) is 35.3 Å². The van der Waals surface area contributed by atoms with Gasteiger partial charge in [0, 0.05) is 31.6 Å². The first kappa shape index (κ1) is 18.4. The Balaban J connectivity index is 1.52. The van der Waals surface area contributed by atoms with E-state index in [-0.39, 0.29) is 17.9 Å². The van der Waals surface area contributed by atoms with Gasteiger partial charge < -0.3 is 14.5 Å². The summed E-state index contributed by atoms with van der Waals surface area (Å²) in [6, 6.07) is 6.25. The second-order valence-corrected chi connectivity index (χ2v) is 8.49. The van der Waals surface area contributed by atoms with Gasteiger partial charge in [-0.25, -0.2) is 0 Å². The predicted octanol–water partition coefficient (Wildman–Crippen LogP) is 3.01. The first-order valence-corrected chi connectivity index (χ1v) is 10.4. The van der Waals surface area contributed by atoms with Crippen molar-refractivity contribution in [1.82, 2.24) is 9.78 Å². The Labute approximate surface area is 170 Å². The summed E-state index contributed by atoms with van der Waals surface area (Å²) in [7, 11) is 0. The SMILES string of the molecule is CC(=O)N1c2ccc(-c3cnn(C4COC4)c3)cc2N(C(=O)CC2CC2)C[C@@H]1C. The summed E-state index contributed by atoms with van der Waals surface area (Å²) in [5, 5.41) is 4.48. The van der Waals surface area contributed by atoms with Crippen LogP contribution in [0.5, 0.6) is 0 Å². The summed E-state index contributed by atoms with van der Waals surface area (Å²) in [5.41, 5.74) is 3.63. The number of benzene rings is 1. The van der Waals surface area contributed by atoms with E-state index in [0.29, 0.717) is 38.1 Å². The molecule has 7 nitrogen and oxygen atoms in total. The highest BCUT2D eigenvalue weighted by molar-refractivity contribution is 6.04. The fourth-order valence-corrected chi connectivity index (χ4v) is 4.26. The number of fused-ring (bicyclic) bond motifs is 1. The lowest BCUT2D eigenvalue weighted by Crippen LogP contribution is -2.51. The lowest BCUT2D eigenvalue weighted by atomic mass is 10.0. The standard InChI is InChI=1S/C22H26N4O3/c1-14-10-24(22(28)7-16-3-4-16)21-8-17(5-6-20(21)26(14)15(2)27)18-9-23-25(11-18)19-12-29-13-19/h5-6,8-9,11,14,16,19H,3-4,7,10,12-13H2,1-2H3/t14-/m0/s1. The van der Waals surface area contributed by atoms with Gasteiger partial charge in [0.2, 0.25) is 11.8 Å². The maximum atomic E-state index is 13.0. The van der Waals surface area contributed by atoms with Gasteiger partial charge >= 0.3 is 0 Å². The number of aromatic nitrogens is 2. The molecule has 1 saturated carbocycles. The van der Waals surface area contributed by atoms with Crippen LogP contribution in [0.2, 0.25) is 0 Å². The minimum atomic E-state index is -0.0460.